The molecule has 10 heteroatoms. The summed E-state index contributed by atoms with van der Waals surface area (Å²) in [5.41, 5.74) is 4.49. The van der Waals surface area contributed by atoms with Gasteiger partial charge in [0.1, 0.15) is 5.82 Å². The number of nitrogens with zero attached hydrogens (tertiary/aromatic N) is 3. The normalized spacial score (nSPS) is 11.6. The zero-order valence-corrected chi connectivity index (χ0v) is 18.3. The van der Waals surface area contributed by atoms with Crippen molar-refractivity contribution in [2.24, 2.45) is 5.92 Å². The molecule has 0 aliphatic rings. The minimum atomic E-state index is -0.721. The van der Waals surface area contributed by atoms with Crippen LogP contribution < -0.4 is 10.7 Å². The number of pyridine rings is 1. The van der Waals surface area contributed by atoms with Crippen LogP contribution in [0.25, 0.3) is 11.3 Å². The van der Waals surface area contributed by atoms with E-state index in [1.165, 1.54) is 48.6 Å². The monoisotopic (exact) mass is 457 g/mol. The Morgan fingerprint density at radius 3 is 2.70 bits per heavy atom. The Morgan fingerprint density at radius 1 is 1.21 bits per heavy atom. The third-order valence-electron chi connectivity index (χ3n) is 5.08. The van der Waals surface area contributed by atoms with E-state index in [0.717, 1.165) is 5.56 Å². The van der Waals surface area contributed by atoms with Gasteiger partial charge in [-0.25, -0.2) is 4.39 Å². The van der Waals surface area contributed by atoms with Crippen LogP contribution in [-0.4, -0.2) is 46.9 Å². The molecule has 174 valence electrons. The fourth-order valence-corrected chi connectivity index (χ4v) is 3.18. The summed E-state index contributed by atoms with van der Waals surface area (Å²) in [5.74, 6) is -2.24. The molecular weight excluding hydrogens is 432 g/mol. The first kappa shape index (κ1) is 23.8. The van der Waals surface area contributed by atoms with Crippen LogP contribution in [-0.2, 0) is 16.0 Å². The summed E-state index contributed by atoms with van der Waals surface area (Å²) in [6.45, 7) is 2.39. The Morgan fingerprint density at radius 2 is 2.03 bits per heavy atom. The van der Waals surface area contributed by atoms with Crippen molar-refractivity contribution in [2.75, 3.05) is 25.6 Å². The maximum absolute atomic E-state index is 14.3. The van der Waals surface area contributed by atoms with Gasteiger partial charge < -0.3 is 15.5 Å². The average Bonchev–Trinajstić information content (AvgIpc) is 3.19. The number of halogens is 2. The second-order valence-corrected chi connectivity index (χ2v) is 7.34. The van der Waals surface area contributed by atoms with Gasteiger partial charge in [-0.15, -0.1) is 5.10 Å². The molecule has 3 aromatic rings. The predicted molar refractivity (Wildman–Crippen MR) is 118 cm³/mol. The number of rotatable bonds is 10. The van der Waals surface area contributed by atoms with E-state index in [0.29, 0.717) is 25.1 Å². The molecule has 0 aliphatic heterocycles. The maximum atomic E-state index is 14.3. The molecule has 1 aromatic carbocycles. The zero-order valence-electron chi connectivity index (χ0n) is 18.3. The largest absolute Gasteiger partial charge is 0.469 e. The molecule has 33 heavy (non-hydrogen) atoms. The highest BCUT2D eigenvalue weighted by atomic mass is 19.1. The van der Waals surface area contributed by atoms with Gasteiger partial charge in [0.15, 0.2) is 0 Å². The molecule has 3 rings (SSSR count). The molecule has 8 nitrogen and oxygen atoms in total. The number of ether oxygens (including phenoxy) is 1. The highest BCUT2D eigenvalue weighted by Crippen LogP contribution is 2.19. The van der Waals surface area contributed by atoms with Gasteiger partial charge in [0, 0.05) is 19.3 Å². The molecule has 0 unspecified atom stereocenters. The number of nitrogens with one attached hydrogen (secondary N) is 2. The van der Waals surface area contributed by atoms with Crippen LogP contribution in [0, 0.1) is 17.7 Å². The lowest BCUT2D eigenvalue weighted by molar-refractivity contribution is -0.145. The number of carbonyl (C=O) groups excluding carboxylic acids is 2. The number of hydrogen-bond donors (Lipinski definition) is 2. The third kappa shape index (κ3) is 6.34. The Labute approximate surface area is 189 Å². The molecule has 0 saturated carbocycles. The van der Waals surface area contributed by atoms with Gasteiger partial charge in [0.05, 0.1) is 36.0 Å². The van der Waals surface area contributed by atoms with Crippen LogP contribution >= 0.6 is 0 Å². The standard InChI is InChI=1S/C23H25F2N5O3/c1-3-16(23(32)33-2)12-27-22(31)17-7-8-20(26-13-17)19-14-30(29-21(19)25)28-10-9-15-5-4-6-18(24)11-15/h4-8,11,13-14,16,28H,3,9-10,12H2,1-2H3,(H,27,31)/t16-/m1/s1. The van der Waals surface area contributed by atoms with Gasteiger partial charge in [0.2, 0.25) is 5.95 Å². The molecule has 0 bridgehead atoms. The first-order valence-corrected chi connectivity index (χ1v) is 10.5. The van der Waals surface area contributed by atoms with E-state index in [1.807, 2.05) is 6.92 Å². The molecule has 0 spiro atoms. The first-order valence-electron chi connectivity index (χ1n) is 10.5. The molecule has 0 aliphatic carbocycles. The number of benzene rings is 1. The molecule has 2 aromatic heterocycles. The fraction of sp³-hybridized carbons (Fsp3) is 0.304. The van der Waals surface area contributed by atoms with Crippen molar-refractivity contribution < 1.29 is 23.1 Å². The lowest BCUT2D eigenvalue weighted by atomic mass is 10.1. The van der Waals surface area contributed by atoms with Gasteiger partial charge in [-0.1, -0.05) is 19.1 Å². The smallest absolute Gasteiger partial charge is 0.310 e. The molecule has 1 atom stereocenters. The van der Waals surface area contributed by atoms with Crippen LogP contribution in [0.4, 0.5) is 8.78 Å². The fourth-order valence-electron chi connectivity index (χ4n) is 3.18. The Hall–Kier alpha value is -3.82. The quantitative estimate of drug-likeness (QED) is 0.455. The SMILES string of the molecule is CC[C@H](CNC(=O)c1ccc(-c2cn(NCCc3cccc(F)c3)nc2F)nc1)C(=O)OC. The summed E-state index contributed by atoms with van der Waals surface area (Å²) in [6.07, 6.45) is 3.85. The number of amides is 1. The predicted octanol–water partition coefficient (Wildman–Crippen LogP) is 2.94. The number of hydrogen-bond acceptors (Lipinski definition) is 6. The maximum Gasteiger partial charge on any atom is 0.310 e. The van der Waals surface area contributed by atoms with Crippen LogP contribution in [0.2, 0.25) is 0 Å². The zero-order chi connectivity index (χ0) is 23.8. The van der Waals surface area contributed by atoms with Crippen molar-refractivity contribution in [1.82, 2.24) is 20.2 Å². The minimum Gasteiger partial charge on any atom is -0.469 e. The topological polar surface area (TPSA) is 98.1 Å². The highest BCUT2D eigenvalue weighted by Gasteiger charge is 2.19. The van der Waals surface area contributed by atoms with Crippen molar-refractivity contribution in [1.29, 1.82) is 0 Å². The second kappa shape index (κ2) is 11.2. The summed E-state index contributed by atoms with van der Waals surface area (Å²) in [4.78, 5) is 29.4. The molecule has 1 amide bonds. The summed E-state index contributed by atoms with van der Waals surface area (Å²) in [6, 6.07) is 9.29. The van der Waals surface area contributed by atoms with Crippen LogP contribution in [0.3, 0.4) is 0 Å². The first-order chi connectivity index (χ1) is 15.9. The van der Waals surface area contributed by atoms with Gasteiger partial charge in [-0.05, 0) is 42.7 Å². The highest BCUT2D eigenvalue weighted by molar-refractivity contribution is 5.94. The van der Waals surface area contributed by atoms with E-state index < -0.39 is 17.8 Å². The Bertz CT molecular complexity index is 1100. The second-order valence-electron chi connectivity index (χ2n) is 7.34. The van der Waals surface area contributed by atoms with Crippen LogP contribution in [0.5, 0.6) is 0 Å². The number of carbonyl (C=O) groups is 2. The van der Waals surface area contributed by atoms with E-state index >= 15 is 0 Å². The van der Waals surface area contributed by atoms with E-state index in [1.54, 1.807) is 12.1 Å². The lowest BCUT2D eigenvalue weighted by Gasteiger charge is -2.13. The summed E-state index contributed by atoms with van der Waals surface area (Å²) < 4.78 is 32.3. The van der Waals surface area contributed by atoms with Gasteiger partial charge in [0.25, 0.3) is 5.91 Å². The molecule has 0 fully saturated rings. The summed E-state index contributed by atoms with van der Waals surface area (Å²) >= 11 is 0. The van der Waals surface area contributed by atoms with E-state index in [-0.39, 0.29) is 29.5 Å². The Kier molecular flexibility index (Phi) is 8.06. The van der Waals surface area contributed by atoms with E-state index in [4.69, 9.17) is 4.74 Å². The molecular formula is C23H25F2N5O3. The third-order valence-corrected chi connectivity index (χ3v) is 5.08. The molecule has 0 radical (unpaired) electrons. The van der Waals surface area contributed by atoms with Gasteiger partial charge in [-0.3, -0.25) is 14.6 Å². The molecule has 2 heterocycles. The van der Waals surface area contributed by atoms with Gasteiger partial charge >= 0.3 is 5.97 Å². The molecule has 2 N–H and O–H groups in total. The minimum absolute atomic E-state index is 0.145. The lowest BCUT2D eigenvalue weighted by Crippen LogP contribution is -2.33. The van der Waals surface area contributed by atoms with Crippen LogP contribution in [0.1, 0.15) is 29.3 Å². The van der Waals surface area contributed by atoms with Crippen LogP contribution in [0.15, 0.2) is 48.8 Å². The van der Waals surface area contributed by atoms with Crippen molar-refractivity contribution in [2.45, 2.75) is 19.8 Å². The Balaban J connectivity index is 1.58. The number of esters is 1. The van der Waals surface area contributed by atoms with Crippen molar-refractivity contribution >= 4 is 11.9 Å². The van der Waals surface area contributed by atoms with E-state index in [9.17, 15) is 18.4 Å². The molecule has 0 saturated heterocycles. The van der Waals surface area contributed by atoms with Crippen molar-refractivity contribution in [3.05, 3.63) is 71.7 Å². The number of methoxy groups -OCH3 is 1. The average molecular weight is 457 g/mol. The van der Waals surface area contributed by atoms with Gasteiger partial charge in [-0.2, -0.15) is 9.18 Å². The van der Waals surface area contributed by atoms with Crippen molar-refractivity contribution in [3.63, 3.8) is 0 Å². The summed E-state index contributed by atoms with van der Waals surface area (Å²) in [5, 5.41) is 6.45. The number of aromatic nitrogens is 3. The summed E-state index contributed by atoms with van der Waals surface area (Å²) in [7, 11) is 1.30. The van der Waals surface area contributed by atoms with E-state index in [2.05, 4.69) is 20.8 Å². The van der Waals surface area contributed by atoms with Crippen molar-refractivity contribution in [3.8, 4) is 11.3 Å².